The highest BCUT2D eigenvalue weighted by Gasteiger charge is 2.16. The molecular weight excluding hydrogens is 356 g/mol. The normalized spacial score (nSPS) is 13.1. The SMILES string of the molecule is Clc1cc2c(cc1/C=N/Nc1nnc3c([nH]c4ccccc43)[nH+]1)OCO2. The Morgan fingerprint density at radius 3 is 2.96 bits per heavy atom. The van der Waals surface area contributed by atoms with Crippen LogP contribution >= 0.6 is 11.6 Å². The number of para-hydroxylation sites is 1. The maximum Gasteiger partial charge on any atom is 0.389 e. The standard InChI is InChI=1S/C17H11ClN6O2/c18-11-6-14-13(25-8-26-14)5-9(11)7-19-23-17-21-16-15(22-24-17)10-3-1-2-4-12(10)20-16/h1-7H,8H2,(H2,20,21,23,24)/p+1/b19-7+. The summed E-state index contributed by atoms with van der Waals surface area (Å²) in [5, 5.41) is 14.0. The average Bonchev–Trinajstić information content (AvgIpc) is 3.25. The molecule has 3 heterocycles. The summed E-state index contributed by atoms with van der Waals surface area (Å²) in [5.74, 6) is 1.67. The second-order valence-corrected chi connectivity index (χ2v) is 6.07. The second kappa shape index (κ2) is 5.85. The predicted molar refractivity (Wildman–Crippen MR) is 96.7 cm³/mol. The molecule has 1 aliphatic heterocycles. The van der Waals surface area contributed by atoms with Crippen molar-refractivity contribution < 1.29 is 14.5 Å². The molecule has 0 spiro atoms. The van der Waals surface area contributed by atoms with Crippen molar-refractivity contribution in [3.05, 3.63) is 47.0 Å². The van der Waals surface area contributed by atoms with Gasteiger partial charge in [0.05, 0.1) is 16.8 Å². The summed E-state index contributed by atoms with van der Waals surface area (Å²) < 4.78 is 10.6. The highest BCUT2D eigenvalue weighted by molar-refractivity contribution is 6.33. The van der Waals surface area contributed by atoms with Gasteiger partial charge in [0.25, 0.3) is 0 Å². The van der Waals surface area contributed by atoms with Crippen LogP contribution < -0.4 is 19.9 Å². The van der Waals surface area contributed by atoms with E-state index in [9.17, 15) is 0 Å². The first-order valence-electron chi connectivity index (χ1n) is 7.82. The smallest absolute Gasteiger partial charge is 0.389 e. The van der Waals surface area contributed by atoms with Gasteiger partial charge in [0.1, 0.15) is 0 Å². The van der Waals surface area contributed by atoms with Gasteiger partial charge in [-0.05, 0) is 18.2 Å². The van der Waals surface area contributed by atoms with Crippen LogP contribution in [-0.4, -0.2) is 28.2 Å². The van der Waals surface area contributed by atoms with Crippen LogP contribution in [0.5, 0.6) is 11.5 Å². The minimum atomic E-state index is 0.194. The third-order valence-corrected chi connectivity index (χ3v) is 4.37. The lowest BCUT2D eigenvalue weighted by Gasteiger charge is -2.00. The van der Waals surface area contributed by atoms with Gasteiger partial charge < -0.3 is 9.47 Å². The number of aromatic nitrogens is 4. The molecule has 0 aliphatic carbocycles. The van der Waals surface area contributed by atoms with Crippen LogP contribution in [0.1, 0.15) is 5.56 Å². The largest absolute Gasteiger partial charge is 0.454 e. The van der Waals surface area contributed by atoms with E-state index in [2.05, 4.69) is 30.7 Å². The lowest BCUT2D eigenvalue weighted by molar-refractivity contribution is -0.335. The van der Waals surface area contributed by atoms with Crippen molar-refractivity contribution in [2.24, 2.45) is 5.10 Å². The molecule has 0 fully saturated rings. The average molecular weight is 368 g/mol. The molecule has 2 aromatic carbocycles. The van der Waals surface area contributed by atoms with Crippen LogP contribution in [0.4, 0.5) is 5.95 Å². The Labute approximate surface area is 151 Å². The molecule has 9 heteroatoms. The minimum Gasteiger partial charge on any atom is -0.454 e. The number of anilines is 1. The quantitative estimate of drug-likeness (QED) is 0.428. The third-order valence-electron chi connectivity index (χ3n) is 4.04. The summed E-state index contributed by atoms with van der Waals surface area (Å²) in [6.45, 7) is 0.194. The molecule has 26 heavy (non-hydrogen) atoms. The number of H-pyrrole nitrogens is 2. The molecule has 4 aromatic rings. The maximum atomic E-state index is 6.22. The number of hydrogen-bond acceptors (Lipinski definition) is 6. The number of aromatic amines is 2. The molecule has 0 unspecified atom stereocenters. The van der Waals surface area contributed by atoms with Gasteiger partial charge >= 0.3 is 5.95 Å². The number of nitrogens with one attached hydrogen (secondary N) is 3. The van der Waals surface area contributed by atoms with Crippen LogP contribution in [0.3, 0.4) is 0 Å². The van der Waals surface area contributed by atoms with Crippen molar-refractivity contribution in [3.63, 3.8) is 0 Å². The number of rotatable bonds is 3. The van der Waals surface area contributed by atoms with Crippen LogP contribution in [0.25, 0.3) is 22.1 Å². The van der Waals surface area contributed by atoms with Crippen LogP contribution in [0, 0.1) is 0 Å². The highest BCUT2D eigenvalue weighted by atomic mass is 35.5. The van der Waals surface area contributed by atoms with E-state index in [4.69, 9.17) is 21.1 Å². The third kappa shape index (κ3) is 2.47. The first-order chi connectivity index (χ1) is 12.8. The molecule has 0 bridgehead atoms. The van der Waals surface area contributed by atoms with E-state index in [1.54, 1.807) is 18.3 Å². The number of halogens is 1. The van der Waals surface area contributed by atoms with Crippen molar-refractivity contribution in [1.29, 1.82) is 0 Å². The molecule has 0 saturated carbocycles. The second-order valence-electron chi connectivity index (χ2n) is 5.66. The van der Waals surface area contributed by atoms with Crippen molar-refractivity contribution in [3.8, 4) is 11.5 Å². The monoisotopic (exact) mass is 367 g/mol. The Morgan fingerprint density at radius 1 is 1.19 bits per heavy atom. The fourth-order valence-corrected chi connectivity index (χ4v) is 3.01. The summed E-state index contributed by atoms with van der Waals surface area (Å²) in [5.41, 5.74) is 6.03. The molecule has 0 atom stereocenters. The molecule has 1 aliphatic rings. The topological polar surface area (TPSA) is 98.6 Å². The summed E-state index contributed by atoms with van der Waals surface area (Å²) in [7, 11) is 0. The van der Waals surface area contributed by atoms with Crippen molar-refractivity contribution in [2.75, 3.05) is 12.2 Å². The Bertz CT molecular complexity index is 1170. The first kappa shape index (κ1) is 14.9. The summed E-state index contributed by atoms with van der Waals surface area (Å²) in [6.07, 6.45) is 1.58. The fraction of sp³-hybridized carbons (Fsp3) is 0.0588. The van der Waals surface area contributed by atoms with Crippen LogP contribution in [0.2, 0.25) is 5.02 Å². The zero-order valence-electron chi connectivity index (χ0n) is 13.3. The van der Waals surface area contributed by atoms with E-state index < -0.39 is 0 Å². The van der Waals surface area contributed by atoms with Gasteiger partial charge in [-0.15, -0.1) is 5.10 Å². The first-order valence-corrected chi connectivity index (χ1v) is 8.20. The maximum absolute atomic E-state index is 6.22. The number of hydrazone groups is 1. The van der Waals surface area contributed by atoms with Gasteiger partial charge in [-0.2, -0.15) is 5.43 Å². The lowest BCUT2D eigenvalue weighted by Crippen LogP contribution is -2.14. The van der Waals surface area contributed by atoms with E-state index >= 15 is 0 Å². The van der Waals surface area contributed by atoms with Crippen molar-refractivity contribution in [1.82, 2.24) is 15.2 Å². The molecule has 2 aromatic heterocycles. The Kier molecular flexibility index (Phi) is 3.36. The van der Waals surface area contributed by atoms with E-state index in [-0.39, 0.29) is 6.79 Å². The van der Waals surface area contributed by atoms with Gasteiger partial charge in [0, 0.05) is 22.1 Å². The number of hydrogen-bond donors (Lipinski definition) is 2. The van der Waals surface area contributed by atoms with Crippen LogP contribution in [-0.2, 0) is 0 Å². The van der Waals surface area contributed by atoms with E-state index in [0.717, 1.165) is 22.1 Å². The zero-order valence-corrected chi connectivity index (χ0v) is 14.0. The molecule has 128 valence electrons. The van der Waals surface area contributed by atoms with Gasteiger partial charge in [-0.3, -0.25) is 4.98 Å². The predicted octanol–water partition coefficient (Wildman–Crippen LogP) is 2.75. The number of ether oxygens (including phenoxy) is 2. The van der Waals surface area contributed by atoms with Crippen molar-refractivity contribution >= 4 is 45.8 Å². The van der Waals surface area contributed by atoms with Gasteiger partial charge in [-0.25, -0.2) is 4.98 Å². The molecule has 8 nitrogen and oxygen atoms in total. The summed E-state index contributed by atoms with van der Waals surface area (Å²) in [6, 6.07) is 11.4. The van der Waals surface area contributed by atoms with E-state index in [1.807, 2.05) is 24.3 Å². The molecule has 0 radical (unpaired) electrons. The van der Waals surface area contributed by atoms with Gasteiger partial charge in [0.15, 0.2) is 17.0 Å². The zero-order chi connectivity index (χ0) is 17.5. The number of nitrogens with zero attached hydrogens (tertiary/aromatic N) is 3. The number of benzene rings is 2. The lowest BCUT2D eigenvalue weighted by atomic mass is 10.2. The Hall–Kier alpha value is -3.39. The summed E-state index contributed by atoms with van der Waals surface area (Å²) >= 11 is 6.22. The van der Waals surface area contributed by atoms with Crippen molar-refractivity contribution in [2.45, 2.75) is 0 Å². The molecule has 0 saturated heterocycles. The Balaban J connectivity index is 1.41. The molecule has 3 N–H and O–H groups in total. The van der Waals surface area contributed by atoms with Gasteiger partial charge in [0.2, 0.25) is 12.4 Å². The fourth-order valence-electron chi connectivity index (χ4n) is 2.81. The van der Waals surface area contributed by atoms with Gasteiger partial charge in [-0.1, -0.05) is 28.8 Å². The number of fused-ring (bicyclic) bond motifs is 4. The minimum absolute atomic E-state index is 0.194. The van der Waals surface area contributed by atoms with Crippen LogP contribution in [0.15, 0.2) is 41.5 Å². The van der Waals surface area contributed by atoms with E-state index in [1.165, 1.54) is 0 Å². The molecular formula is C17H12ClN6O2+. The molecule has 5 rings (SSSR count). The highest BCUT2D eigenvalue weighted by Crippen LogP contribution is 2.36. The molecule has 0 amide bonds. The summed E-state index contributed by atoms with van der Waals surface area (Å²) in [4.78, 5) is 6.39. The Morgan fingerprint density at radius 2 is 2.04 bits per heavy atom. The van der Waals surface area contributed by atoms with E-state index in [0.29, 0.717) is 28.0 Å².